The van der Waals surface area contributed by atoms with E-state index in [1.165, 1.54) is 16.7 Å². The lowest BCUT2D eigenvalue weighted by Gasteiger charge is -2.14. The number of nitrogens with zero attached hydrogens (tertiary/aromatic N) is 2. The number of aryl methyl sites for hydroxylation is 1. The number of rotatable bonds is 3. The maximum Gasteiger partial charge on any atom is 0.160 e. The Kier molecular flexibility index (Phi) is 6.24. The van der Waals surface area contributed by atoms with Crippen molar-refractivity contribution >= 4 is 17.7 Å². The third-order valence-corrected chi connectivity index (χ3v) is 5.26. The number of benzene rings is 2. The van der Waals surface area contributed by atoms with Crippen molar-refractivity contribution in [3.05, 3.63) is 101 Å². The molecule has 0 radical (unpaired) electrons. The average Bonchev–Trinajstić information content (AvgIpc) is 2.86. The quantitative estimate of drug-likeness (QED) is 0.329. The number of allylic oxidation sites excluding steroid dienone is 4. The van der Waals surface area contributed by atoms with E-state index in [1.54, 1.807) is 0 Å². The second-order valence-corrected chi connectivity index (χ2v) is 7.36. The van der Waals surface area contributed by atoms with Crippen LogP contribution in [0.4, 0.5) is 0 Å². The molecule has 3 aromatic rings. The Bertz CT molecular complexity index is 1260. The molecule has 1 heterocycles. The summed E-state index contributed by atoms with van der Waals surface area (Å²) in [4.78, 5) is 9.76. The lowest BCUT2D eigenvalue weighted by Crippen LogP contribution is -2.01. The van der Waals surface area contributed by atoms with Gasteiger partial charge in [0.05, 0.1) is 11.4 Å². The van der Waals surface area contributed by atoms with Crippen LogP contribution in [0.1, 0.15) is 49.1 Å². The van der Waals surface area contributed by atoms with Crippen molar-refractivity contribution in [1.29, 1.82) is 0 Å². The molecule has 0 bridgehead atoms. The van der Waals surface area contributed by atoms with Gasteiger partial charge in [-0.15, -0.1) is 0 Å². The van der Waals surface area contributed by atoms with E-state index in [1.807, 2.05) is 26.0 Å². The Balaban J connectivity index is 0.00000112. The smallest absolute Gasteiger partial charge is 0.160 e. The van der Waals surface area contributed by atoms with Gasteiger partial charge in [0, 0.05) is 28.8 Å². The summed E-state index contributed by atoms with van der Waals surface area (Å²) in [6, 6.07) is 16.9. The number of hydrogen-bond donors (Lipinski definition) is 0. The highest BCUT2D eigenvalue weighted by Crippen LogP contribution is 2.32. The molecular formula is C29H26N2. The van der Waals surface area contributed by atoms with E-state index in [0.29, 0.717) is 0 Å². The van der Waals surface area contributed by atoms with E-state index in [2.05, 4.69) is 85.1 Å². The molecule has 0 spiro atoms. The fraction of sp³-hybridized carbons (Fsp3) is 0.172. The van der Waals surface area contributed by atoms with E-state index >= 15 is 0 Å². The maximum absolute atomic E-state index is 4.97. The Morgan fingerprint density at radius 2 is 1.58 bits per heavy atom. The van der Waals surface area contributed by atoms with Gasteiger partial charge in [-0.05, 0) is 37.0 Å². The molecule has 0 unspecified atom stereocenters. The van der Waals surface area contributed by atoms with Gasteiger partial charge in [-0.25, -0.2) is 9.97 Å². The number of aromatic nitrogens is 2. The molecule has 2 aliphatic carbocycles. The van der Waals surface area contributed by atoms with Crippen LogP contribution >= 0.6 is 0 Å². The van der Waals surface area contributed by atoms with Gasteiger partial charge in [0.25, 0.3) is 0 Å². The molecule has 0 atom stereocenters. The average molecular weight is 403 g/mol. The van der Waals surface area contributed by atoms with Gasteiger partial charge >= 0.3 is 0 Å². The van der Waals surface area contributed by atoms with Crippen LogP contribution in [-0.4, -0.2) is 9.97 Å². The standard InChI is InChI=1S/C27H20N2.C2H6/c1-19-14-16-21(17-15-19)27-28-25-13-6-5-12-24(25)26(29-27)23-11-7-10-22(18-23)20-8-3-2-4-9-20;1-2/h3,7-18H,2,4H2,1H3;1-2H3. The summed E-state index contributed by atoms with van der Waals surface area (Å²) in [5.41, 5.74) is 14.7. The second-order valence-electron chi connectivity index (χ2n) is 7.36. The van der Waals surface area contributed by atoms with Gasteiger partial charge in [0.2, 0.25) is 0 Å². The van der Waals surface area contributed by atoms with E-state index in [4.69, 9.17) is 9.97 Å². The topological polar surface area (TPSA) is 25.8 Å². The zero-order chi connectivity index (χ0) is 21.6. The zero-order valence-corrected chi connectivity index (χ0v) is 18.3. The van der Waals surface area contributed by atoms with E-state index in [-0.39, 0.29) is 0 Å². The zero-order valence-electron chi connectivity index (χ0n) is 18.3. The fourth-order valence-electron chi connectivity index (χ4n) is 3.69. The molecule has 0 saturated heterocycles. The predicted octanol–water partition coefficient (Wildman–Crippen LogP) is 7.67. The molecule has 2 heteroatoms. The van der Waals surface area contributed by atoms with Gasteiger partial charge < -0.3 is 0 Å². The molecule has 0 fully saturated rings. The van der Waals surface area contributed by atoms with E-state index < -0.39 is 0 Å². The minimum atomic E-state index is 0.731. The summed E-state index contributed by atoms with van der Waals surface area (Å²) in [7, 11) is 0. The molecular weight excluding hydrogens is 376 g/mol. The van der Waals surface area contributed by atoms with Crippen LogP contribution in [-0.2, 0) is 0 Å². The molecule has 2 aliphatic rings. The Morgan fingerprint density at radius 3 is 2.35 bits per heavy atom. The Hall–Kier alpha value is -3.70. The van der Waals surface area contributed by atoms with Crippen LogP contribution < -0.4 is 0 Å². The third kappa shape index (κ3) is 4.42. The first kappa shape index (κ1) is 20.6. The second kappa shape index (κ2) is 9.41. The minimum Gasteiger partial charge on any atom is -0.227 e. The molecule has 5 rings (SSSR count). The molecule has 0 amide bonds. The Morgan fingerprint density at radius 1 is 0.806 bits per heavy atom. The normalized spacial score (nSPS) is 13.3. The Labute approximate surface area is 184 Å². The highest BCUT2D eigenvalue weighted by atomic mass is 14.9. The maximum atomic E-state index is 4.97. The van der Waals surface area contributed by atoms with Gasteiger partial charge in [-0.1, -0.05) is 91.6 Å². The van der Waals surface area contributed by atoms with Gasteiger partial charge in [-0.2, -0.15) is 0 Å². The molecule has 0 N–H and O–H groups in total. The molecule has 152 valence electrons. The summed E-state index contributed by atoms with van der Waals surface area (Å²) in [6.07, 6.45) is 12.8. The van der Waals surface area contributed by atoms with Crippen molar-refractivity contribution in [3.8, 4) is 22.6 Å². The van der Waals surface area contributed by atoms with Crippen LogP contribution in [0.2, 0.25) is 0 Å². The fourth-order valence-corrected chi connectivity index (χ4v) is 3.69. The molecule has 2 nitrogen and oxygen atoms in total. The van der Waals surface area contributed by atoms with Crippen LogP contribution in [0.25, 0.3) is 40.4 Å². The van der Waals surface area contributed by atoms with Gasteiger partial charge in [0.15, 0.2) is 5.82 Å². The summed E-state index contributed by atoms with van der Waals surface area (Å²) < 4.78 is 0. The lowest BCUT2D eigenvalue weighted by molar-refractivity contribution is 1.04. The van der Waals surface area contributed by atoms with Crippen LogP contribution in [0.15, 0.2) is 78.2 Å². The molecule has 0 aliphatic heterocycles. The monoisotopic (exact) mass is 402 g/mol. The van der Waals surface area contributed by atoms with Crippen molar-refractivity contribution in [1.82, 2.24) is 9.97 Å². The van der Waals surface area contributed by atoms with Crippen LogP contribution in [0, 0.1) is 6.92 Å². The van der Waals surface area contributed by atoms with Crippen LogP contribution in [0.5, 0.6) is 0 Å². The van der Waals surface area contributed by atoms with Crippen molar-refractivity contribution < 1.29 is 0 Å². The summed E-state index contributed by atoms with van der Waals surface area (Å²) in [5.74, 6) is 0.731. The van der Waals surface area contributed by atoms with Crippen LogP contribution in [0.3, 0.4) is 0 Å². The van der Waals surface area contributed by atoms with Gasteiger partial charge in [0.1, 0.15) is 0 Å². The number of fused-ring (bicyclic) bond motifs is 1. The van der Waals surface area contributed by atoms with E-state index in [0.717, 1.165) is 46.7 Å². The summed E-state index contributed by atoms with van der Waals surface area (Å²) >= 11 is 0. The number of hydrogen-bond acceptors (Lipinski definition) is 2. The van der Waals surface area contributed by atoms with Crippen molar-refractivity contribution in [2.45, 2.75) is 33.6 Å². The first-order valence-corrected chi connectivity index (χ1v) is 10.9. The summed E-state index contributed by atoms with van der Waals surface area (Å²) in [6.45, 7) is 6.08. The largest absolute Gasteiger partial charge is 0.227 e. The lowest BCUT2D eigenvalue weighted by atomic mass is 9.95. The first-order valence-electron chi connectivity index (χ1n) is 10.9. The van der Waals surface area contributed by atoms with Crippen molar-refractivity contribution in [2.24, 2.45) is 0 Å². The SMILES string of the molecule is CC.Cc1ccc(-c2nc3c(c(-c4cccc(C5=CCCC=C5)c4)n2)C=C=C=C3)cc1. The van der Waals surface area contributed by atoms with Crippen molar-refractivity contribution in [2.75, 3.05) is 0 Å². The summed E-state index contributed by atoms with van der Waals surface area (Å²) in [5, 5.41) is 0. The minimum absolute atomic E-state index is 0.731. The van der Waals surface area contributed by atoms with Gasteiger partial charge in [-0.3, -0.25) is 0 Å². The molecule has 31 heavy (non-hydrogen) atoms. The highest BCUT2D eigenvalue weighted by molar-refractivity contribution is 5.83. The predicted molar refractivity (Wildman–Crippen MR) is 131 cm³/mol. The molecule has 1 aromatic heterocycles. The van der Waals surface area contributed by atoms with Crippen molar-refractivity contribution in [3.63, 3.8) is 0 Å². The highest BCUT2D eigenvalue weighted by Gasteiger charge is 2.16. The first-order chi connectivity index (χ1) is 15.3. The van der Waals surface area contributed by atoms with E-state index in [9.17, 15) is 0 Å². The third-order valence-electron chi connectivity index (χ3n) is 5.26. The molecule has 0 saturated carbocycles. The molecule has 2 aromatic carbocycles.